The summed E-state index contributed by atoms with van der Waals surface area (Å²) in [6, 6.07) is 6.91. The second-order valence-electron chi connectivity index (χ2n) is 6.78. The number of carbonyl (C=O) groups excluding carboxylic acids is 2. The highest BCUT2D eigenvalue weighted by atomic mass is 16.7. The summed E-state index contributed by atoms with van der Waals surface area (Å²) in [5.74, 6) is 0.319. The van der Waals surface area contributed by atoms with E-state index in [1.807, 2.05) is 4.90 Å². The van der Waals surface area contributed by atoms with E-state index < -0.39 is 0 Å². The zero-order chi connectivity index (χ0) is 18.5. The van der Waals surface area contributed by atoms with Crippen molar-refractivity contribution in [1.82, 2.24) is 9.80 Å². The lowest BCUT2D eigenvalue weighted by molar-refractivity contribution is -0.130. The van der Waals surface area contributed by atoms with E-state index >= 15 is 0 Å². The standard InChI is InChI=1S/C19H26N2O5/c1-20(2)17(22)13-26-15-7-5-6-14(12-15)18(23)21-9-4-3-8-16(21)19-24-10-11-25-19/h5-7,12,16,19H,3-4,8-11,13H2,1-2H3. The number of likely N-dealkylation sites (tertiary alicyclic amines) is 1. The zero-order valence-electron chi connectivity index (χ0n) is 15.3. The van der Waals surface area contributed by atoms with Gasteiger partial charge < -0.3 is 24.0 Å². The molecule has 1 aromatic carbocycles. The number of rotatable bonds is 5. The van der Waals surface area contributed by atoms with Gasteiger partial charge in [0.15, 0.2) is 12.9 Å². The Morgan fingerprint density at radius 1 is 1.23 bits per heavy atom. The van der Waals surface area contributed by atoms with E-state index in [0.717, 1.165) is 19.3 Å². The summed E-state index contributed by atoms with van der Waals surface area (Å²) in [6.45, 7) is 1.79. The van der Waals surface area contributed by atoms with Gasteiger partial charge in [-0.2, -0.15) is 0 Å². The molecule has 2 aliphatic rings. The summed E-state index contributed by atoms with van der Waals surface area (Å²) in [5.41, 5.74) is 0.546. The minimum atomic E-state index is -0.337. The maximum atomic E-state index is 13.0. The Morgan fingerprint density at radius 3 is 2.73 bits per heavy atom. The van der Waals surface area contributed by atoms with Gasteiger partial charge in [0.05, 0.1) is 19.3 Å². The van der Waals surface area contributed by atoms with Crippen LogP contribution in [-0.2, 0) is 14.3 Å². The molecule has 2 heterocycles. The van der Waals surface area contributed by atoms with Crippen LogP contribution >= 0.6 is 0 Å². The van der Waals surface area contributed by atoms with Gasteiger partial charge in [0.2, 0.25) is 0 Å². The van der Waals surface area contributed by atoms with E-state index in [-0.39, 0.29) is 30.8 Å². The molecular formula is C19H26N2O5. The molecule has 1 atom stereocenters. The molecule has 3 rings (SSSR count). The second kappa shape index (κ2) is 8.51. The second-order valence-corrected chi connectivity index (χ2v) is 6.78. The molecule has 26 heavy (non-hydrogen) atoms. The summed E-state index contributed by atoms with van der Waals surface area (Å²) in [7, 11) is 3.35. The fraction of sp³-hybridized carbons (Fsp3) is 0.579. The highest BCUT2D eigenvalue weighted by molar-refractivity contribution is 5.95. The number of carbonyl (C=O) groups is 2. The van der Waals surface area contributed by atoms with Crippen molar-refractivity contribution >= 4 is 11.8 Å². The van der Waals surface area contributed by atoms with Crippen molar-refractivity contribution in [1.29, 1.82) is 0 Å². The van der Waals surface area contributed by atoms with Crippen LogP contribution in [-0.4, -0.2) is 74.4 Å². The van der Waals surface area contributed by atoms with Crippen LogP contribution in [0.4, 0.5) is 0 Å². The van der Waals surface area contributed by atoms with Crippen LogP contribution in [0.2, 0.25) is 0 Å². The van der Waals surface area contributed by atoms with Gasteiger partial charge >= 0.3 is 0 Å². The van der Waals surface area contributed by atoms with Gasteiger partial charge in [-0.25, -0.2) is 0 Å². The molecule has 0 aliphatic carbocycles. The minimum absolute atomic E-state index is 0.0548. The van der Waals surface area contributed by atoms with Gasteiger partial charge in [-0.3, -0.25) is 9.59 Å². The van der Waals surface area contributed by atoms with Crippen molar-refractivity contribution in [2.75, 3.05) is 40.5 Å². The van der Waals surface area contributed by atoms with Crippen LogP contribution in [0.25, 0.3) is 0 Å². The highest BCUT2D eigenvalue weighted by Gasteiger charge is 2.36. The Balaban J connectivity index is 1.69. The lowest BCUT2D eigenvalue weighted by Gasteiger charge is -2.38. The molecule has 2 aliphatic heterocycles. The first-order chi connectivity index (χ1) is 12.6. The molecule has 0 N–H and O–H groups in total. The Morgan fingerprint density at radius 2 is 2.00 bits per heavy atom. The first-order valence-electron chi connectivity index (χ1n) is 9.03. The third-order valence-electron chi connectivity index (χ3n) is 4.71. The predicted molar refractivity (Wildman–Crippen MR) is 95.0 cm³/mol. The van der Waals surface area contributed by atoms with Crippen LogP contribution in [0, 0.1) is 0 Å². The Labute approximate surface area is 153 Å². The topological polar surface area (TPSA) is 68.3 Å². The van der Waals surface area contributed by atoms with Crippen LogP contribution in [0.1, 0.15) is 29.6 Å². The number of ether oxygens (including phenoxy) is 3. The van der Waals surface area contributed by atoms with Crippen molar-refractivity contribution in [2.45, 2.75) is 31.6 Å². The van der Waals surface area contributed by atoms with Crippen molar-refractivity contribution in [3.8, 4) is 5.75 Å². The summed E-state index contributed by atoms with van der Waals surface area (Å²) < 4.78 is 16.8. The van der Waals surface area contributed by atoms with E-state index in [2.05, 4.69) is 0 Å². The summed E-state index contributed by atoms with van der Waals surface area (Å²) in [6.07, 6.45) is 2.58. The monoisotopic (exact) mass is 362 g/mol. The molecule has 2 saturated heterocycles. The average Bonchev–Trinajstić information content (AvgIpc) is 3.20. The fourth-order valence-corrected chi connectivity index (χ4v) is 3.25. The molecule has 1 aromatic rings. The van der Waals surface area contributed by atoms with E-state index in [0.29, 0.717) is 31.1 Å². The maximum Gasteiger partial charge on any atom is 0.259 e. The van der Waals surface area contributed by atoms with Gasteiger partial charge in [0.25, 0.3) is 11.8 Å². The van der Waals surface area contributed by atoms with Crippen molar-refractivity contribution in [3.05, 3.63) is 29.8 Å². The SMILES string of the molecule is CN(C)C(=O)COc1cccc(C(=O)N2CCCCC2C2OCCO2)c1. The van der Waals surface area contributed by atoms with Gasteiger partial charge in [0.1, 0.15) is 5.75 Å². The lowest BCUT2D eigenvalue weighted by Crippen LogP contribution is -2.50. The van der Waals surface area contributed by atoms with E-state index in [1.165, 1.54) is 4.90 Å². The van der Waals surface area contributed by atoms with Crippen molar-refractivity contribution < 1.29 is 23.8 Å². The smallest absolute Gasteiger partial charge is 0.259 e. The molecule has 0 aromatic heterocycles. The third-order valence-corrected chi connectivity index (χ3v) is 4.71. The van der Waals surface area contributed by atoms with Crippen molar-refractivity contribution in [2.24, 2.45) is 0 Å². The molecule has 2 fully saturated rings. The number of nitrogens with zero attached hydrogens (tertiary/aromatic N) is 2. The Bertz CT molecular complexity index is 643. The van der Waals surface area contributed by atoms with Crippen LogP contribution in [0.5, 0.6) is 5.75 Å². The normalized spacial score (nSPS) is 20.8. The summed E-state index contributed by atoms with van der Waals surface area (Å²) >= 11 is 0. The van der Waals surface area contributed by atoms with Crippen LogP contribution in [0.3, 0.4) is 0 Å². The van der Waals surface area contributed by atoms with E-state index in [4.69, 9.17) is 14.2 Å². The molecule has 0 spiro atoms. The predicted octanol–water partition coefficient (Wildman–Crippen LogP) is 1.52. The first kappa shape index (κ1) is 18.7. The highest BCUT2D eigenvalue weighted by Crippen LogP contribution is 2.26. The molecule has 7 heteroatoms. The number of likely N-dealkylation sites (N-methyl/N-ethyl adjacent to an activating group) is 1. The summed E-state index contributed by atoms with van der Waals surface area (Å²) in [4.78, 5) is 28.0. The Kier molecular flexibility index (Phi) is 6.11. The number of benzene rings is 1. The van der Waals surface area contributed by atoms with Crippen LogP contribution < -0.4 is 4.74 Å². The third kappa shape index (κ3) is 4.34. The average molecular weight is 362 g/mol. The minimum Gasteiger partial charge on any atom is -0.484 e. The molecule has 142 valence electrons. The largest absolute Gasteiger partial charge is 0.484 e. The van der Waals surface area contributed by atoms with E-state index in [9.17, 15) is 9.59 Å². The zero-order valence-corrected chi connectivity index (χ0v) is 15.3. The van der Waals surface area contributed by atoms with E-state index in [1.54, 1.807) is 38.4 Å². The fourth-order valence-electron chi connectivity index (χ4n) is 3.25. The maximum absolute atomic E-state index is 13.0. The number of hydrogen-bond donors (Lipinski definition) is 0. The quantitative estimate of drug-likeness (QED) is 0.794. The number of hydrogen-bond acceptors (Lipinski definition) is 5. The molecule has 2 amide bonds. The summed E-state index contributed by atoms with van der Waals surface area (Å²) in [5, 5.41) is 0. The lowest BCUT2D eigenvalue weighted by atomic mass is 10.00. The molecular weight excluding hydrogens is 336 g/mol. The first-order valence-corrected chi connectivity index (χ1v) is 9.03. The van der Waals surface area contributed by atoms with Gasteiger partial charge in [-0.1, -0.05) is 6.07 Å². The molecule has 7 nitrogen and oxygen atoms in total. The van der Waals surface area contributed by atoms with Gasteiger partial charge in [0, 0.05) is 26.2 Å². The molecule has 1 unspecified atom stereocenters. The van der Waals surface area contributed by atoms with Crippen molar-refractivity contribution in [3.63, 3.8) is 0 Å². The van der Waals surface area contributed by atoms with Gasteiger partial charge in [-0.05, 0) is 37.5 Å². The molecule has 0 bridgehead atoms. The number of piperidine rings is 1. The molecule has 0 saturated carbocycles. The molecule has 0 radical (unpaired) electrons. The number of amides is 2. The van der Waals surface area contributed by atoms with Gasteiger partial charge in [-0.15, -0.1) is 0 Å². The Hall–Kier alpha value is -2.12. The van der Waals surface area contributed by atoms with Crippen LogP contribution in [0.15, 0.2) is 24.3 Å².